The van der Waals surface area contributed by atoms with E-state index in [9.17, 15) is 42.3 Å². The Kier molecular flexibility index (Phi) is 11.1. The van der Waals surface area contributed by atoms with Crippen molar-refractivity contribution in [3.05, 3.63) is 114 Å². The van der Waals surface area contributed by atoms with Crippen LogP contribution in [-0.2, 0) is 24.6 Å². The highest BCUT2D eigenvalue weighted by Crippen LogP contribution is 2.59. The fraction of sp³-hybridized carbons (Fsp3) is 0.317. The van der Waals surface area contributed by atoms with Crippen LogP contribution in [0, 0.1) is 5.92 Å². The smallest absolute Gasteiger partial charge is 0.351 e. The Bertz CT molecular complexity index is 2240. The molecule has 3 aromatic carbocycles. The Labute approximate surface area is 321 Å². The second-order valence-electron chi connectivity index (χ2n) is 14.5. The van der Waals surface area contributed by atoms with Gasteiger partial charge in [-0.15, -0.1) is 0 Å². The van der Waals surface area contributed by atoms with Gasteiger partial charge in [-0.3, -0.25) is 23.7 Å². The van der Waals surface area contributed by atoms with Crippen LogP contribution in [0.5, 0.6) is 0 Å². The fourth-order valence-electron chi connectivity index (χ4n) is 7.73. The van der Waals surface area contributed by atoms with E-state index in [4.69, 9.17) is 0 Å². The molecule has 3 aliphatic rings. The molecule has 292 valence electrons. The Morgan fingerprint density at radius 2 is 1.68 bits per heavy atom. The second kappa shape index (κ2) is 16.0. The number of aromatic nitrogens is 1. The SMILES string of the molecule is O=C(NC1CN(C(=O)CCC2C=CC=CC2)CC[C@H]2CC[C@@H](C(=O)Nc3ccc(-c4ccccc4)cc3)N2C1=O)c1cc2cc(C(F)(F)P(=O)(O)O)ccc2[nH]1. The van der Waals surface area contributed by atoms with Gasteiger partial charge >= 0.3 is 13.3 Å². The second-order valence-corrected chi connectivity index (χ2v) is 16.1. The number of fused-ring (bicyclic) bond motifs is 2. The molecule has 5 N–H and O–H groups in total. The van der Waals surface area contributed by atoms with Crippen molar-refractivity contribution in [1.82, 2.24) is 20.1 Å². The van der Waals surface area contributed by atoms with Crippen LogP contribution in [0.1, 0.15) is 54.6 Å². The summed E-state index contributed by atoms with van der Waals surface area (Å²) in [6.45, 7) is 0.152. The van der Waals surface area contributed by atoms with Gasteiger partial charge in [0.25, 0.3) is 5.91 Å². The molecule has 2 aliphatic heterocycles. The van der Waals surface area contributed by atoms with Crippen molar-refractivity contribution in [1.29, 1.82) is 0 Å². The van der Waals surface area contributed by atoms with E-state index in [-0.39, 0.29) is 53.3 Å². The maximum absolute atomic E-state index is 14.5. The van der Waals surface area contributed by atoms with Crippen LogP contribution in [0.3, 0.4) is 0 Å². The van der Waals surface area contributed by atoms with Crippen LogP contribution in [0.2, 0.25) is 0 Å². The van der Waals surface area contributed by atoms with E-state index in [2.05, 4.69) is 21.7 Å². The third-order valence-electron chi connectivity index (χ3n) is 10.8. The van der Waals surface area contributed by atoms with E-state index in [0.29, 0.717) is 37.9 Å². The summed E-state index contributed by atoms with van der Waals surface area (Å²) in [7, 11) is -5.83. The molecule has 0 saturated carbocycles. The van der Waals surface area contributed by atoms with Gasteiger partial charge in [0.15, 0.2) is 0 Å². The summed E-state index contributed by atoms with van der Waals surface area (Å²) in [6.07, 6.45) is 11.0. The van der Waals surface area contributed by atoms with Gasteiger partial charge in [0, 0.05) is 47.7 Å². The summed E-state index contributed by atoms with van der Waals surface area (Å²) < 4.78 is 40.4. The number of hydrogen-bond donors (Lipinski definition) is 5. The first-order valence-electron chi connectivity index (χ1n) is 18.6. The van der Waals surface area contributed by atoms with Crippen molar-refractivity contribution >= 4 is 47.8 Å². The van der Waals surface area contributed by atoms with Crippen LogP contribution < -0.4 is 10.6 Å². The number of aromatic amines is 1. The summed E-state index contributed by atoms with van der Waals surface area (Å²) in [5.74, 6) is -1.63. The quantitative estimate of drug-likeness (QED) is 0.117. The zero-order chi connectivity index (χ0) is 39.6. The number of H-pyrrole nitrogens is 1. The molecule has 4 aromatic rings. The molecule has 0 radical (unpaired) electrons. The molecule has 0 bridgehead atoms. The molecule has 4 amide bonds. The Balaban J connectivity index is 1.11. The number of carbonyl (C=O) groups excluding carboxylic acids is 4. The van der Waals surface area contributed by atoms with E-state index in [0.717, 1.165) is 29.7 Å². The average Bonchev–Trinajstić information content (AvgIpc) is 3.82. The van der Waals surface area contributed by atoms with Crippen molar-refractivity contribution in [2.24, 2.45) is 5.92 Å². The topological polar surface area (TPSA) is 172 Å². The van der Waals surface area contributed by atoms with Gasteiger partial charge < -0.3 is 35.2 Å². The summed E-state index contributed by atoms with van der Waals surface area (Å²) in [5.41, 5.74) is -2.69. The minimum absolute atomic E-state index is 0.0846. The lowest BCUT2D eigenvalue weighted by atomic mass is 9.95. The lowest BCUT2D eigenvalue weighted by Crippen LogP contribution is -2.60. The van der Waals surface area contributed by atoms with Crippen LogP contribution in [0.25, 0.3) is 22.0 Å². The predicted molar refractivity (Wildman–Crippen MR) is 206 cm³/mol. The fourth-order valence-corrected chi connectivity index (χ4v) is 8.20. The zero-order valence-electron chi connectivity index (χ0n) is 30.3. The van der Waals surface area contributed by atoms with E-state index >= 15 is 0 Å². The van der Waals surface area contributed by atoms with E-state index in [1.165, 1.54) is 17.0 Å². The predicted octanol–water partition coefficient (Wildman–Crippen LogP) is 6.30. The summed E-state index contributed by atoms with van der Waals surface area (Å²) >= 11 is 0. The molecule has 0 spiro atoms. The summed E-state index contributed by atoms with van der Waals surface area (Å²) in [6, 6.07) is 18.9. The Hall–Kier alpha value is -5.43. The van der Waals surface area contributed by atoms with Crippen molar-refractivity contribution in [2.75, 3.05) is 18.4 Å². The lowest BCUT2D eigenvalue weighted by Gasteiger charge is -2.38. The van der Waals surface area contributed by atoms with Gasteiger partial charge in [0.1, 0.15) is 17.8 Å². The molecule has 15 heteroatoms. The first kappa shape index (κ1) is 38.8. The van der Waals surface area contributed by atoms with E-state index in [1.807, 2.05) is 60.7 Å². The number of nitrogens with zero attached hydrogens (tertiary/aromatic N) is 2. The van der Waals surface area contributed by atoms with Crippen molar-refractivity contribution in [3.63, 3.8) is 0 Å². The number of amides is 4. The molecule has 1 aromatic heterocycles. The monoisotopic (exact) mass is 785 g/mol. The Morgan fingerprint density at radius 3 is 2.39 bits per heavy atom. The molecule has 7 rings (SSSR count). The van der Waals surface area contributed by atoms with E-state index < -0.39 is 42.7 Å². The number of halogens is 2. The largest absolute Gasteiger partial charge is 0.399 e. The van der Waals surface area contributed by atoms with Crippen LogP contribution >= 0.6 is 7.60 Å². The molecule has 12 nitrogen and oxygen atoms in total. The van der Waals surface area contributed by atoms with Gasteiger partial charge in [0.2, 0.25) is 17.7 Å². The van der Waals surface area contributed by atoms with Crippen molar-refractivity contribution in [3.8, 4) is 11.1 Å². The number of alkyl halides is 2. The van der Waals surface area contributed by atoms with Gasteiger partial charge in [-0.1, -0.05) is 72.8 Å². The lowest BCUT2D eigenvalue weighted by molar-refractivity contribution is -0.144. The minimum atomic E-state index is -5.83. The number of carbonyl (C=O) groups is 4. The highest BCUT2D eigenvalue weighted by molar-refractivity contribution is 7.52. The summed E-state index contributed by atoms with van der Waals surface area (Å²) in [5, 5.41) is 5.77. The molecule has 2 saturated heterocycles. The molecule has 2 unspecified atom stereocenters. The normalized spacial score (nSPS) is 21.4. The van der Waals surface area contributed by atoms with Gasteiger partial charge in [-0.2, -0.15) is 8.78 Å². The molecule has 2 fully saturated rings. The van der Waals surface area contributed by atoms with Crippen LogP contribution in [0.4, 0.5) is 14.5 Å². The third kappa shape index (κ3) is 8.23. The molecular formula is C41H42F2N5O7P. The summed E-state index contributed by atoms with van der Waals surface area (Å²) in [4.78, 5) is 80.1. The first-order valence-corrected chi connectivity index (χ1v) is 20.2. The van der Waals surface area contributed by atoms with Gasteiger partial charge in [0.05, 0.1) is 0 Å². The standard InChI is InChI=1S/C41H42F2N5O7P/c42-41(43,56(53,54)55)30-14-18-33-29(23-30)24-34(45-33)38(50)46-35-25-47(37(49)20-11-26-7-3-1-4-8-26)22-21-32-17-19-36(48(32)40(35)52)39(51)44-31-15-12-28(13-16-31)27-9-5-2-6-10-27/h1-7,9-10,12-16,18,23-24,26,32,35-36,45H,8,11,17,19-22,25H2,(H,44,51)(H,46,50)(H2,53,54,55)/t26?,32-,35?,36+/m1/s1. The molecular weight excluding hydrogens is 743 g/mol. The van der Waals surface area contributed by atoms with Crippen LogP contribution in [-0.4, -0.2) is 79.4 Å². The molecule has 1 aliphatic carbocycles. The van der Waals surface area contributed by atoms with Crippen LogP contribution in [0.15, 0.2) is 103 Å². The number of allylic oxidation sites excluding steroid dienone is 4. The minimum Gasteiger partial charge on any atom is -0.351 e. The number of nitrogens with one attached hydrogen (secondary N) is 3. The number of benzene rings is 3. The first-order chi connectivity index (χ1) is 26.8. The maximum Gasteiger partial charge on any atom is 0.399 e. The Morgan fingerprint density at radius 1 is 0.929 bits per heavy atom. The average molecular weight is 786 g/mol. The number of anilines is 1. The maximum atomic E-state index is 14.5. The highest BCUT2D eigenvalue weighted by Gasteiger charge is 2.50. The number of hydrogen-bond acceptors (Lipinski definition) is 5. The van der Waals surface area contributed by atoms with Gasteiger partial charge in [-0.25, -0.2) is 0 Å². The highest BCUT2D eigenvalue weighted by atomic mass is 31.2. The third-order valence-corrected chi connectivity index (χ3v) is 11.8. The van der Waals surface area contributed by atoms with Crippen molar-refractivity contribution in [2.45, 2.75) is 62.3 Å². The molecule has 56 heavy (non-hydrogen) atoms. The van der Waals surface area contributed by atoms with Crippen molar-refractivity contribution < 1.29 is 42.3 Å². The zero-order valence-corrected chi connectivity index (χ0v) is 31.2. The number of rotatable bonds is 10. The van der Waals surface area contributed by atoms with E-state index in [1.54, 1.807) is 17.0 Å². The van der Waals surface area contributed by atoms with Gasteiger partial charge in [-0.05, 0) is 79.5 Å². The molecule has 4 atom stereocenters. The molecule has 3 heterocycles.